The van der Waals surface area contributed by atoms with Crippen LogP contribution in [0.5, 0.6) is 0 Å². The molecule has 2 aromatic rings. The van der Waals surface area contributed by atoms with Gasteiger partial charge in [-0.15, -0.1) is 0 Å². The number of hydrogen-bond donors (Lipinski definition) is 1. The molecular formula is C24H32FN5O. The summed E-state index contributed by atoms with van der Waals surface area (Å²) in [5.74, 6) is 1.01. The van der Waals surface area contributed by atoms with Crippen LogP contribution in [0.15, 0.2) is 30.6 Å². The summed E-state index contributed by atoms with van der Waals surface area (Å²) in [6.07, 6.45) is 3.82. The molecule has 1 aromatic carbocycles. The fraction of sp³-hybridized carbons (Fsp3) is 0.542. The average Bonchev–Trinajstić information content (AvgIpc) is 3.16. The van der Waals surface area contributed by atoms with Crippen LogP contribution < -0.4 is 10.2 Å². The van der Waals surface area contributed by atoms with E-state index >= 15 is 0 Å². The monoisotopic (exact) mass is 425 g/mol. The molecule has 7 heteroatoms. The number of piperazine rings is 1. The molecule has 31 heavy (non-hydrogen) atoms. The van der Waals surface area contributed by atoms with Gasteiger partial charge >= 0.3 is 0 Å². The molecule has 0 saturated carbocycles. The molecule has 1 aliphatic heterocycles. The zero-order valence-corrected chi connectivity index (χ0v) is 18.6. The minimum atomic E-state index is -0.321. The minimum Gasteiger partial charge on any atom is -0.353 e. The van der Waals surface area contributed by atoms with E-state index in [0.29, 0.717) is 25.6 Å². The van der Waals surface area contributed by atoms with E-state index in [0.717, 1.165) is 37.3 Å². The summed E-state index contributed by atoms with van der Waals surface area (Å²) in [6, 6.07) is 6.58. The number of carbonyl (C=O) groups excluding carboxylic acids is 1. The number of aryl methyl sites for hydroxylation is 1. The average molecular weight is 426 g/mol. The van der Waals surface area contributed by atoms with Crippen molar-refractivity contribution in [2.45, 2.75) is 51.5 Å². The Kier molecular flexibility index (Phi) is 6.51. The van der Waals surface area contributed by atoms with Gasteiger partial charge in [0.2, 0.25) is 5.91 Å². The van der Waals surface area contributed by atoms with Gasteiger partial charge in [0.25, 0.3) is 0 Å². The lowest BCUT2D eigenvalue weighted by molar-refractivity contribution is -0.133. The van der Waals surface area contributed by atoms with Crippen LogP contribution >= 0.6 is 0 Å². The molecule has 2 unspecified atom stereocenters. The number of carbonyl (C=O) groups is 1. The molecule has 1 aliphatic carbocycles. The highest BCUT2D eigenvalue weighted by atomic mass is 19.1. The minimum absolute atomic E-state index is 0.0979. The van der Waals surface area contributed by atoms with Crippen molar-refractivity contribution < 1.29 is 9.18 Å². The van der Waals surface area contributed by atoms with E-state index < -0.39 is 0 Å². The highest BCUT2D eigenvalue weighted by Gasteiger charge is 2.32. The topological polar surface area (TPSA) is 61.4 Å². The molecule has 0 spiro atoms. The maximum Gasteiger partial charge on any atom is 0.231 e. The highest BCUT2D eigenvalue weighted by molar-refractivity contribution is 5.84. The van der Waals surface area contributed by atoms with Crippen molar-refractivity contribution in [3.63, 3.8) is 0 Å². The molecule has 1 fully saturated rings. The Hall–Kier alpha value is -2.54. The third kappa shape index (κ3) is 4.71. The SMILES string of the molecule is CC(C)NCC(C(=O)N1CCN(c2ncnc3c2C(C)CC3)CC1)c1ccc(F)cc1. The number of halogens is 1. The van der Waals surface area contributed by atoms with Crippen molar-refractivity contribution in [3.8, 4) is 0 Å². The summed E-state index contributed by atoms with van der Waals surface area (Å²) in [6.45, 7) is 9.74. The van der Waals surface area contributed by atoms with Crippen molar-refractivity contribution in [3.05, 3.63) is 53.2 Å². The maximum absolute atomic E-state index is 13.4. The normalized spacial score (nSPS) is 19.6. The number of amides is 1. The summed E-state index contributed by atoms with van der Waals surface area (Å²) in [5.41, 5.74) is 3.31. The van der Waals surface area contributed by atoms with E-state index in [-0.39, 0.29) is 23.7 Å². The number of nitrogens with zero attached hydrogens (tertiary/aromatic N) is 4. The molecule has 1 N–H and O–H groups in total. The number of aromatic nitrogens is 2. The third-order valence-electron chi connectivity index (χ3n) is 6.44. The Morgan fingerprint density at radius 3 is 2.55 bits per heavy atom. The quantitative estimate of drug-likeness (QED) is 0.771. The number of hydrogen-bond acceptors (Lipinski definition) is 5. The lowest BCUT2D eigenvalue weighted by Crippen LogP contribution is -2.51. The van der Waals surface area contributed by atoms with E-state index in [4.69, 9.17) is 0 Å². The molecule has 6 nitrogen and oxygen atoms in total. The van der Waals surface area contributed by atoms with E-state index in [2.05, 4.69) is 41.0 Å². The van der Waals surface area contributed by atoms with Crippen LogP contribution in [0.3, 0.4) is 0 Å². The predicted molar refractivity (Wildman–Crippen MR) is 120 cm³/mol. The second kappa shape index (κ2) is 9.30. The van der Waals surface area contributed by atoms with Crippen LogP contribution in [0.2, 0.25) is 0 Å². The molecular weight excluding hydrogens is 393 g/mol. The van der Waals surface area contributed by atoms with E-state index in [1.807, 2.05) is 4.90 Å². The van der Waals surface area contributed by atoms with Gasteiger partial charge in [-0.1, -0.05) is 32.9 Å². The van der Waals surface area contributed by atoms with Crippen LogP contribution in [0, 0.1) is 5.82 Å². The summed E-state index contributed by atoms with van der Waals surface area (Å²) in [5, 5.41) is 3.38. The maximum atomic E-state index is 13.4. The Balaban J connectivity index is 1.46. The van der Waals surface area contributed by atoms with Crippen molar-refractivity contribution in [2.75, 3.05) is 37.6 Å². The zero-order chi connectivity index (χ0) is 22.0. The molecule has 1 aromatic heterocycles. The van der Waals surface area contributed by atoms with E-state index in [1.54, 1.807) is 18.5 Å². The molecule has 2 heterocycles. The first-order chi connectivity index (χ1) is 14.9. The third-order valence-corrected chi connectivity index (χ3v) is 6.44. The Labute approximate surface area is 183 Å². The molecule has 166 valence electrons. The van der Waals surface area contributed by atoms with Crippen LogP contribution in [-0.4, -0.2) is 59.5 Å². The van der Waals surface area contributed by atoms with Gasteiger partial charge in [0.05, 0.1) is 5.92 Å². The first kappa shape index (κ1) is 21.7. The predicted octanol–water partition coefficient (Wildman–Crippen LogP) is 3.10. The van der Waals surface area contributed by atoms with E-state index in [9.17, 15) is 9.18 Å². The van der Waals surface area contributed by atoms with Gasteiger partial charge in [0.15, 0.2) is 0 Å². The van der Waals surface area contributed by atoms with Gasteiger partial charge in [0.1, 0.15) is 18.0 Å². The largest absolute Gasteiger partial charge is 0.353 e. The molecule has 2 aliphatic rings. The highest BCUT2D eigenvalue weighted by Crippen LogP contribution is 2.37. The second-order valence-electron chi connectivity index (χ2n) is 8.98. The number of fused-ring (bicyclic) bond motifs is 1. The number of nitrogens with one attached hydrogen (secondary N) is 1. The van der Waals surface area contributed by atoms with Crippen LogP contribution in [0.1, 0.15) is 55.8 Å². The van der Waals surface area contributed by atoms with Gasteiger partial charge < -0.3 is 15.1 Å². The number of anilines is 1. The van der Waals surface area contributed by atoms with Gasteiger partial charge in [-0.3, -0.25) is 4.79 Å². The van der Waals surface area contributed by atoms with Crippen LogP contribution in [0.25, 0.3) is 0 Å². The first-order valence-corrected chi connectivity index (χ1v) is 11.3. The lowest BCUT2D eigenvalue weighted by atomic mass is 9.96. The molecule has 1 saturated heterocycles. The molecule has 0 bridgehead atoms. The second-order valence-corrected chi connectivity index (χ2v) is 8.98. The summed E-state index contributed by atoms with van der Waals surface area (Å²) in [4.78, 5) is 26.7. The molecule has 1 amide bonds. The van der Waals surface area contributed by atoms with E-state index in [1.165, 1.54) is 23.4 Å². The lowest BCUT2D eigenvalue weighted by Gasteiger charge is -2.38. The van der Waals surface area contributed by atoms with Crippen LogP contribution in [-0.2, 0) is 11.2 Å². The number of benzene rings is 1. The molecule has 4 rings (SSSR count). The van der Waals surface area contributed by atoms with Gasteiger partial charge in [0, 0.05) is 50.0 Å². The van der Waals surface area contributed by atoms with Crippen molar-refractivity contribution in [2.24, 2.45) is 0 Å². The zero-order valence-electron chi connectivity index (χ0n) is 18.6. The standard InChI is InChI=1S/C24H32FN5O/c1-16(2)26-14-20(18-5-7-19(25)8-6-18)24(31)30-12-10-29(11-13-30)23-22-17(3)4-9-21(22)27-15-28-23/h5-8,15-17,20,26H,4,9-14H2,1-3H3. The number of rotatable bonds is 6. The Morgan fingerprint density at radius 2 is 1.87 bits per heavy atom. The fourth-order valence-electron chi connectivity index (χ4n) is 4.63. The smallest absolute Gasteiger partial charge is 0.231 e. The summed E-state index contributed by atoms with van der Waals surface area (Å²) < 4.78 is 13.4. The van der Waals surface area contributed by atoms with Gasteiger partial charge in [-0.2, -0.15) is 0 Å². The first-order valence-electron chi connectivity index (χ1n) is 11.3. The van der Waals surface area contributed by atoms with Gasteiger partial charge in [-0.05, 0) is 36.5 Å². The van der Waals surface area contributed by atoms with Crippen molar-refractivity contribution in [1.29, 1.82) is 0 Å². The fourth-order valence-corrected chi connectivity index (χ4v) is 4.63. The summed E-state index contributed by atoms with van der Waals surface area (Å²) >= 11 is 0. The molecule has 2 atom stereocenters. The summed E-state index contributed by atoms with van der Waals surface area (Å²) in [7, 11) is 0. The van der Waals surface area contributed by atoms with Crippen molar-refractivity contribution in [1.82, 2.24) is 20.2 Å². The van der Waals surface area contributed by atoms with Crippen LogP contribution in [0.4, 0.5) is 10.2 Å². The van der Waals surface area contributed by atoms with Gasteiger partial charge in [-0.25, -0.2) is 14.4 Å². The van der Waals surface area contributed by atoms with Crippen molar-refractivity contribution >= 4 is 11.7 Å². The molecule has 0 radical (unpaired) electrons. The Bertz CT molecular complexity index is 909. The Morgan fingerprint density at radius 1 is 1.16 bits per heavy atom.